The van der Waals surface area contributed by atoms with E-state index < -0.39 is 18.2 Å². The van der Waals surface area contributed by atoms with Gasteiger partial charge in [-0.2, -0.15) is 0 Å². The van der Waals surface area contributed by atoms with Crippen molar-refractivity contribution in [2.75, 3.05) is 6.61 Å². The lowest BCUT2D eigenvalue weighted by Gasteiger charge is -2.21. The highest BCUT2D eigenvalue weighted by atomic mass is 16.3. The summed E-state index contributed by atoms with van der Waals surface area (Å²) in [6.07, 6.45) is 61.7. The predicted molar refractivity (Wildman–Crippen MR) is 254 cm³/mol. The van der Waals surface area contributed by atoms with Crippen molar-refractivity contribution in [3.63, 3.8) is 0 Å². The molecule has 5 heteroatoms. The Kier molecular flexibility index (Phi) is 47.0. The average molecular weight is 816 g/mol. The Morgan fingerprint density at radius 1 is 0.466 bits per heavy atom. The van der Waals surface area contributed by atoms with E-state index in [4.69, 9.17) is 0 Å². The van der Waals surface area contributed by atoms with Crippen LogP contribution in [0.5, 0.6) is 0 Å². The Morgan fingerprint density at radius 2 is 0.828 bits per heavy atom. The number of aliphatic hydroxyl groups is 3. The molecule has 0 aliphatic carbocycles. The summed E-state index contributed by atoms with van der Waals surface area (Å²) in [7, 11) is 0. The van der Waals surface area contributed by atoms with E-state index >= 15 is 0 Å². The number of nitrogens with one attached hydrogen (secondary N) is 1. The number of rotatable bonds is 47. The molecular formula is C53H101NO4. The van der Waals surface area contributed by atoms with Gasteiger partial charge in [0, 0.05) is 0 Å². The summed E-state index contributed by atoms with van der Waals surface area (Å²) in [5, 5.41) is 33.4. The fraction of sp³-hybridized carbons (Fsp3) is 0.868. The van der Waals surface area contributed by atoms with Crippen molar-refractivity contribution < 1.29 is 20.1 Å². The summed E-state index contributed by atoms with van der Waals surface area (Å²) in [6, 6.07) is -0.745. The molecule has 4 N–H and O–H groups in total. The molecule has 0 saturated carbocycles. The number of carbonyl (C=O) groups excluding carboxylic acids is 1. The predicted octanol–water partition coefficient (Wildman–Crippen LogP) is 15.5. The Hall–Kier alpha value is -1.43. The van der Waals surface area contributed by atoms with Crippen molar-refractivity contribution >= 4 is 5.91 Å². The molecule has 5 nitrogen and oxygen atoms in total. The molecule has 3 unspecified atom stereocenters. The number of unbranched alkanes of at least 4 members (excludes halogenated alkanes) is 34. The van der Waals surface area contributed by atoms with E-state index in [0.717, 1.165) is 38.5 Å². The van der Waals surface area contributed by atoms with Gasteiger partial charge in [0.05, 0.1) is 31.3 Å². The third-order valence-electron chi connectivity index (χ3n) is 11.9. The normalized spacial score (nSPS) is 13.7. The summed E-state index contributed by atoms with van der Waals surface area (Å²) in [5.41, 5.74) is 0. The summed E-state index contributed by atoms with van der Waals surface area (Å²) < 4.78 is 0. The van der Waals surface area contributed by atoms with Gasteiger partial charge in [-0.15, -0.1) is 0 Å². The Balaban J connectivity index is 3.59. The van der Waals surface area contributed by atoms with E-state index in [-0.39, 0.29) is 18.9 Å². The van der Waals surface area contributed by atoms with E-state index in [0.29, 0.717) is 6.42 Å². The standard InChI is InChI=1S/C53H101NO4/c1-3-5-7-9-11-13-15-17-19-21-23-24-25-26-27-29-31-33-35-37-39-41-43-45-47-52(57)51(49-55)54-53(58)48-50(56)46-44-42-40-38-36-34-32-30-28-22-20-18-16-14-12-10-8-6-4-2/h6,8,12,14,45,47,50-52,55-57H,3-5,7,9-11,13,15-44,46,48-49H2,1-2H3,(H,54,58)/b8-6-,14-12-,47-45+. The summed E-state index contributed by atoms with van der Waals surface area (Å²) >= 11 is 0. The molecule has 0 heterocycles. The lowest BCUT2D eigenvalue weighted by molar-refractivity contribution is -0.124. The first-order chi connectivity index (χ1) is 28.5. The Labute approximate surface area is 362 Å². The van der Waals surface area contributed by atoms with Crippen LogP contribution in [0.1, 0.15) is 271 Å². The highest BCUT2D eigenvalue weighted by molar-refractivity contribution is 5.76. The second-order valence-electron chi connectivity index (χ2n) is 17.8. The number of hydrogen-bond donors (Lipinski definition) is 4. The molecule has 0 bridgehead atoms. The second kappa shape index (κ2) is 48.2. The van der Waals surface area contributed by atoms with Gasteiger partial charge in [0.1, 0.15) is 0 Å². The van der Waals surface area contributed by atoms with Gasteiger partial charge in [0.2, 0.25) is 5.91 Å². The zero-order valence-electron chi connectivity index (χ0n) is 38.9. The molecule has 342 valence electrons. The van der Waals surface area contributed by atoms with Crippen LogP contribution in [0, 0.1) is 0 Å². The first-order valence-electron chi connectivity index (χ1n) is 25.8. The molecule has 0 aliphatic heterocycles. The Bertz CT molecular complexity index is 901. The minimum atomic E-state index is -0.929. The molecule has 0 fully saturated rings. The van der Waals surface area contributed by atoms with Crippen LogP contribution in [0.25, 0.3) is 0 Å². The van der Waals surface area contributed by atoms with Gasteiger partial charge in [0.25, 0.3) is 0 Å². The van der Waals surface area contributed by atoms with Crippen LogP contribution in [0.15, 0.2) is 36.5 Å². The molecular weight excluding hydrogens is 715 g/mol. The summed E-state index contributed by atoms with van der Waals surface area (Å²) in [4.78, 5) is 12.5. The molecule has 0 aromatic carbocycles. The lowest BCUT2D eigenvalue weighted by atomic mass is 10.0. The quantitative estimate of drug-likeness (QED) is 0.0364. The van der Waals surface area contributed by atoms with Crippen molar-refractivity contribution in [3.8, 4) is 0 Å². The van der Waals surface area contributed by atoms with Crippen molar-refractivity contribution in [3.05, 3.63) is 36.5 Å². The van der Waals surface area contributed by atoms with Gasteiger partial charge in [-0.25, -0.2) is 0 Å². The highest BCUT2D eigenvalue weighted by Crippen LogP contribution is 2.17. The lowest BCUT2D eigenvalue weighted by Crippen LogP contribution is -2.45. The van der Waals surface area contributed by atoms with Crippen LogP contribution in [-0.2, 0) is 4.79 Å². The van der Waals surface area contributed by atoms with E-state index in [9.17, 15) is 20.1 Å². The van der Waals surface area contributed by atoms with E-state index in [1.165, 1.54) is 205 Å². The molecule has 1 amide bonds. The van der Waals surface area contributed by atoms with Crippen molar-refractivity contribution in [1.82, 2.24) is 5.32 Å². The van der Waals surface area contributed by atoms with Crippen LogP contribution < -0.4 is 5.32 Å². The summed E-state index contributed by atoms with van der Waals surface area (Å²) in [5.74, 6) is -0.314. The smallest absolute Gasteiger partial charge is 0.222 e. The average Bonchev–Trinajstić information content (AvgIpc) is 3.22. The van der Waals surface area contributed by atoms with Crippen LogP contribution in [0.4, 0.5) is 0 Å². The highest BCUT2D eigenvalue weighted by Gasteiger charge is 2.20. The first kappa shape index (κ1) is 56.6. The molecule has 0 aromatic rings. The topological polar surface area (TPSA) is 89.8 Å². The molecule has 0 radical (unpaired) electrons. The maximum Gasteiger partial charge on any atom is 0.222 e. The van der Waals surface area contributed by atoms with Gasteiger partial charge >= 0.3 is 0 Å². The SMILES string of the molecule is CC/C=C\C/C=C\CCCCCCCCCCCCCCC(O)CC(=O)NC(CO)C(O)/C=C/CCCCCCCCCCCCCCCCCCCCCCCC. The molecule has 58 heavy (non-hydrogen) atoms. The van der Waals surface area contributed by atoms with E-state index in [2.05, 4.69) is 43.5 Å². The minimum absolute atomic E-state index is 0.0136. The molecule has 0 spiro atoms. The van der Waals surface area contributed by atoms with Crippen molar-refractivity contribution in [2.45, 2.75) is 289 Å². The van der Waals surface area contributed by atoms with Gasteiger partial charge in [-0.3, -0.25) is 4.79 Å². The van der Waals surface area contributed by atoms with Crippen LogP contribution in [0.2, 0.25) is 0 Å². The van der Waals surface area contributed by atoms with Gasteiger partial charge in [0.15, 0.2) is 0 Å². The Morgan fingerprint density at radius 3 is 1.22 bits per heavy atom. The maximum absolute atomic E-state index is 12.5. The van der Waals surface area contributed by atoms with E-state index in [1.54, 1.807) is 6.08 Å². The molecule has 0 aromatic heterocycles. The van der Waals surface area contributed by atoms with Crippen LogP contribution in [-0.4, -0.2) is 46.1 Å². The number of aliphatic hydroxyl groups excluding tert-OH is 3. The molecule has 3 atom stereocenters. The fourth-order valence-corrected chi connectivity index (χ4v) is 8.03. The van der Waals surface area contributed by atoms with Gasteiger partial charge in [-0.1, -0.05) is 256 Å². The zero-order valence-corrected chi connectivity index (χ0v) is 38.9. The fourth-order valence-electron chi connectivity index (χ4n) is 8.03. The van der Waals surface area contributed by atoms with Crippen LogP contribution >= 0.6 is 0 Å². The van der Waals surface area contributed by atoms with Crippen molar-refractivity contribution in [2.24, 2.45) is 0 Å². The van der Waals surface area contributed by atoms with Gasteiger partial charge in [-0.05, 0) is 44.9 Å². The zero-order chi connectivity index (χ0) is 42.3. The second-order valence-corrected chi connectivity index (χ2v) is 17.8. The minimum Gasteiger partial charge on any atom is -0.394 e. The summed E-state index contributed by atoms with van der Waals surface area (Å²) in [6.45, 7) is 4.14. The third kappa shape index (κ3) is 44.1. The number of hydrogen-bond acceptors (Lipinski definition) is 4. The number of carbonyl (C=O) groups is 1. The molecule has 0 aliphatic rings. The number of allylic oxidation sites excluding steroid dienone is 5. The van der Waals surface area contributed by atoms with Gasteiger partial charge < -0.3 is 20.6 Å². The van der Waals surface area contributed by atoms with Crippen LogP contribution in [0.3, 0.4) is 0 Å². The third-order valence-corrected chi connectivity index (χ3v) is 11.9. The van der Waals surface area contributed by atoms with Crippen molar-refractivity contribution in [1.29, 1.82) is 0 Å². The molecule has 0 saturated heterocycles. The van der Waals surface area contributed by atoms with E-state index in [1.807, 2.05) is 6.08 Å². The largest absolute Gasteiger partial charge is 0.394 e. The maximum atomic E-state index is 12.5. The number of amides is 1. The monoisotopic (exact) mass is 816 g/mol. The molecule has 0 rings (SSSR count). The first-order valence-corrected chi connectivity index (χ1v) is 25.8.